The van der Waals surface area contributed by atoms with Crippen LogP contribution in [-0.2, 0) is 4.79 Å². The molecule has 1 aromatic rings. The number of nitrogens with one attached hydrogen (secondary N) is 1. The number of halogens is 1. The topological polar surface area (TPSA) is 42.0 Å². The second kappa shape index (κ2) is 4.68. The molecule has 60 valence electrons. The Kier molecular flexibility index (Phi) is 4.22. The summed E-state index contributed by atoms with van der Waals surface area (Å²) >= 11 is 0. The molecule has 1 heterocycles. The van der Waals surface area contributed by atoms with E-state index in [2.05, 4.69) is 10.3 Å². The highest BCUT2D eigenvalue weighted by molar-refractivity contribution is 5.88. The predicted octanol–water partition coefficient (Wildman–Crippen LogP) is 1.46. The molecule has 0 aliphatic heterocycles. The number of aromatic nitrogens is 1. The molecule has 11 heavy (non-hydrogen) atoms. The minimum absolute atomic E-state index is 0. The zero-order chi connectivity index (χ0) is 7.40. The van der Waals surface area contributed by atoms with Crippen molar-refractivity contribution in [3.05, 3.63) is 24.5 Å². The Hall–Kier alpha value is -1.09. The Bertz CT molecular complexity index is 225. The highest BCUT2D eigenvalue weighted by atomic mass is 35.5. The first-order chi connectivity index (χ1) is 4.79. The SMILES string of the molecule is CC(=O)Nc1cccnc1.Cl. The molecule has 1 rings (SSSR count). The molecule has 0 fully saturated rings. The minimum atomic E-state index is -0.0759. The van der Waals surface area contributed by atoms with Crippen molar-refractivity contribution in [3.63, 3.8) is 0 Å². The van der Waals surface area contributed by atoms with Gasteiger partial charge in [0.25, 0.3) is 0 Å². The van der Waals surface area contributed by atoms with E-state index in [1.165, 1.54) is 6.92 Å². The lowest BCUT2D eigenvalue weighted by molar-refractivity contribution is -0.114. The van der Waals surface area contributed by atoms with Crippen LogP contribution in [0.2, 0.25) is 0 Å². The van der Waals surface area contributed by atoms with Crippen LogP contribution in [0.1, 0.15) is 6.92 Å². The van der Waals surface area contributed by atoms with Gasteiger partial charge in [0, 0.05) is 13.1 Å². The molecule has 1 aromatic heterocycles. The molecule has 0 aliphatic rings. The van der Waals surface area contributed by atoms with Crippen molar-refractivity contribution in [2.45, 2.75) is 6.92 Å². The Morgan fingerprint density at radius 1 is 1.64 bits per heavy atom. The molecular weight excluding hydrogens is 164 g/mol. The molecule has 1 N–H and O–H groups in total. The van der Waals surface area contributed by atoms with Crippen LogP contribution in [-0.4, -0.2) is 10.9 Å². The number of carbonyl (C=O) groups excluding carboxylic acids is 1. The molecule has 0 spiro atoms. The third-order valence-electron chi connectivity index (χ3n) is 0.982. The maximum atomic E-state index is 10.5. The van der Waals surface area contributed by atoms with E-state index in [4.69, 9.17) is 0 Å². The van der Waals surface area contributed by atoms with Crippen molar-refractivity contribution in [2.75, 3.05) is 5.32 Å². The van der Waals surface area contributed by atoms with Crippen molar-refractivity contribution in [1.29, 1.82) is 0 Å². The summed E-state index contributed by atoms with van der Waals surface area (Å²) in [5.41, 5.74) is 0.731. The molecule has 1 amide bonds. The van der Waals surface area contributed by atoms with Crippen LogP contribution < -0.4 is 5.32 Å². The summed E-state index contributed by atoms with van der Waals surface area (Å²) < 4.78 is 0. The van der Waals surface area contributed by atoms with E-state index in [-0.39, 0.29) is 18.3 Å². The standard InChI is InChI=1S/C7H8N2O.ClH/c1-6(10)9-7-3-2-4-8-5-7;/h2-5H,1H3,(H,9,10);1H. The van der Waals surface area contributed by atoms with Crippen LogP contribution >= 0.6 is 12.4 Å². The van der Waals surface area contributed by atoms with Gasteiger partial charge in [-0.2, -0.15) is 0 Å². The largest absolute Gasteiger partial charge is 0.325 e. The zero-order valence-corrected chi connectivity index (χ0v) is 6.89. The summed E-state index contributed by atoms with van der Waals surface area (Å²) in [6.45, 7) is 1.47. The van der Waals surface area contributed by atoms with Crippen LogP contribution in [0.15, 0.2) is 24.5 Å². The molecule has 0 radical (unpaired) electrons. The first-order valence-corrected chi connectivity index (χ1v) is 2.96. The highest BCUT2D eigenvalue weighted by Gasteiger charge is 1.90. The van der Waals surface area contributed by atoms with Crippen molar-refractivity contribution in [1.82, 2.24) is 4.98 Å². The van der Waals surface area contributed by atoms with Crippen LogP contribution in [0.4, 0.5) is 5.69 Å². The fraction of sp³-hybridized carbons (Fsp3) is 0.143. The lowest BCUT2D eigenvalue weighted by atomic mass is 10.4. The Balaban J connectivity index is 0.000001000. The van der Waals surface area contributed by atoms with Gasteiger partial charge in [0.05, 0.1) is 11.9 Å². The number of hydrogen-bond acceptors (Lipinski definition) is 2. The van der Waals surface area contributed by atoms with Crippen LogP contribution in [0.5, 0.6) is 0 Å². The molecular formula is C7H9ClN2O. The second-order valence-electron chi connectivity index (χ2n) is 1.92. The second-order valence-corrected chi connectivity index (χ2v) is 1.92. The quantitative estimate of drug-likeness (QED) is 0.697. The van der Waals surface area contributed by atoms with Gasteiger partial charge in [0.15, 0.2) is 0 Å². The van der Waals surface area contributed by atoms with Gasteiger partial charge in [0.1, 0.15) is 0 Å². The zero-order valence-electron chi connectivity index (χ0n) is 6.07. The molecule has 4 heteroatoms. The van der Waals surface area contributed by atoms with Gasteiger partial charge < -0.3 is 5.32 Å². The van der Waals surface area contributed by atoms with Gasteiger partial charge in [-0.1, -0.05) is 0 Å². The third-order valence-corrected chi connectivity index (χ3v) is 0.982. The van der Waals surface area contributed by atoms with Crippen molar-refractivity contribution >= 4 is 24.0 Å². The lowest BCUT2D eigenvalue weighted by Gasteiger charge is -1.97. The average Bonchev–Trinajstić information content (AvgIpc) is 1.88. The fourth-order valence-corrected chi connectivity index (χ4v) is 0.640. The van der Waals surface area contributed by atoms with Crippen LogP contribution in [0.3, 0.4) is 0 Å². The fourth-order valence-electron chi connectivity index (χ4n) is 0.640. The maximum Gasteiger partial charge on any atom is 0.221 e. The number of rotatable bonds is 1. The van der Waals surface area contributed by atoms with E-state index in [1.807, 2.05) is 0 Å². The van der Waals surface area contributed by atoms with Crippen molar-refractivity contribution in [2.24, 2.45) is 0 Å². The molecule has 3 nitrogen and oxygen atoms in total. The number of anilines is 1. The molecule has 0 saturated carbocycles. The number of pyridine rings is 1. The molecule has 0 aromatic carbocycles. The van der Waals surface area contributed by atoms with Gasteiger partial charge in [-0.3, -0.25) is 9.78 Å². The molecule has 0 saturated heterocycles. The number of nitrogens with zero attached hydrogens (tertiary/aromatic N) is 1. The van der Waals surface area contributed by atoms with Crippen LogP contribution in [0, 0.1) is 0 Å². The Morgan fingerprint density at radius 2 is 2.36 bits per heavy atom. The predicted molar refractivity (Wildman–Crippen MR) is 45.8 cm³/mol. The van der Waals surface area contributed by atoms with Gasteiger partial charge in [-0.05, 0) is 12.1 Å². The molecule has 0 aliphatic carbocycles. The number of carbonyl (C=O) groups is 1. The van der Waals surface area contributed by atoms with E-state index in [0.29, 0.717) is 0 Å². The molecule has 0 bridgehead atoms. The lowest BCUT2D eigenvalue weighted by Crippen LogP contribution is -2.05. The average molecular weight is 173 g/mol. The number of amides is 1. The molecule has 0 unspecified atom stereocenters. The van der Waals surface area contributed by atoms with Gasteiger partial charge in [0.2, 0.25) is 5.91 Å². The highest BCUT2D eigenvalue weighted by Crippen LogP contribution is 2.00. The maximum absolute atomic E-state index is 10.5. The monoisotopic (exact) mass is 172 g/mol. The summed E-state index contributed by atoms with van der Waals surface area (Å²) in [5, 5.41) is 2.60. The molecule has 0 atom stereocenters. The summed E-state index contributed by atoms with van der Waals surface area (Å²) in [4.78, 5) is 14.3. The van der Waals surface area contributed by atoms with E-state index in [1.54, 1.807) is 24.5 Å². The summed E-state index contributed by atoms with van der Waals surface area (Å²) in [6.07, 6.45) is 3.26. The van der Waals surface area contributed by atoms with Crippen LogP contribution in [0.25, 0.3) is 0 Å². The minimum Gasteiger partial charge on any atom is -0.325 e. The Morgan fingerprint density at radius 3 is 2.82 bits per heavy atom. The van der Waals surface area contributed by atoms with E-state index in [9.17, 15) is 4.79 Å². The van der Waals surface area contributed by atoms with E-state index in [0.717, 1.165) is 5.69 Å². The van der Waals surface area contributed by atoms with Crippen molar-refractivity contribution in [3.8, 4) is 0 Å². The van der Waals surface area contributed by atoms with E-state index < -0.39 is 0 Å². The smallest absolute Gasteiger partial charge is 0.221 e. The first-order valence-electron chi connectivity index (χ1n) is 2.96. The van der Waals surface area contributed by atoms with Crippen molar-refractivity contribution < 1.29 is 4.79 Å². The van der Waals surface area contributed by atoms with Gasteiger partial charge in [-0.15, -0.1) is 12.4 Å². The summed E-state index contributed by atoms with van der Waals surface area (Å²) in [7, 11) is 0. The summed E-state index contributed by atoms with van der Waals surface area (Å²) in [5.74, 6) is -0.0759. The van der Waals surface area contributed by atoms with Gasteiger partial charge in [-0.25, -0.2) is 0 Å². The van der Waals surface area contributed by atoms with Gasteiger partial charge >= 0.3 is 0 Å². The van der Waals surface area contributed by atoms with E-state index >= 15 is 0 Å². The third kappa shape index (κ3) is 3.57. The summed E-state index contributed by atoms with van der Waals surface area (Å²) in [6, 6.07) is 3.56. The number of hydrogen-bond donors (Lipinski definition) is 1. The normalized spacial score (nSPS) is 8.09. The Labute approximate surface area is 71.2 Å². The first kappa shape index (κ1) is 9.91.